The third-order valence-corrected chi connectivity index (χ3v) is 5.64. The molecule has 0 saturated carbocycles. The molecule has 1 aromatic heterocycles. The highest BCUT2D eigenvalue weighted by Crippen LogP contribution is 2.42. The van der Waals surface area contributed by atoms with Gasteiger partial charge >= 0.3 is 6.18 Å². The predicted molar refractivity (Wildman–Crippen MR) is 105 cm³/mol. The smallest absolute Gasteiger partial charge is 0.374 e. The number of rotatable bonds is 6. The van der Waals surface area contributed by atoms with Crippen molar-refractivity contribution >= 4 is 21.6 Å². The van der Waals surface area contributed by atoms with Crippen LogP contribution < -0.4 is 10.5 Å². The third-order valence-electron chi connectivity index (χ3n) is 4.38. The first-order valence-electron chi connectivity index (χ1n) is 8.47. The van der Waals surface area contributed by atoms with Crippen LogP contribution in [-0.4, -0.2) is 37.5 Å². The number of nitrogens with one attached hydrogen (secondary N) is 1. The van der Waals surface area contributed by atoms with E-state index < -0.39 is 45.4 Å². The first kappa shape index (κ1) is 24.5. The number of aliphatic hydroxyl groups is 1. The summed E-state index contributed by atoms with van der Waals surface area (Å²) in [6.45, 7) is 1.51. The molecule has 0 aliphatic carbocycles. The number of pyridine rings is 1. The van der Waals surface area contributed by atoms with Gasteiger partial charge in [-0.3, -0.25) is 0 Å². The Morgan fingerprint density at radius 2 is 1.73 bits per heavy atom. The number of hydrogen-bond acceptors (Lipinski definition) is 5. The van der Waals surface area contributed by atoms with E-state index in [2.05, 4.69) is 9.71 Å². The van der Waals surface area contributed by atoms with Gasteiger partial charge in [-0.2, -0.15) is 13.2 Å². The van der Waals surface area contributed by atoms with Crippen LogP contribution >= 0.6 is 11.6 Å². The summed E-state index contributed by atoms with van der Waals surface area (Å²) in [5, 5.41) is 10.1. The third kappa shape index (κ3) is 4.92. The summed E-state index contributed by atoms with van der Waals surface area (Å²) in [5.41, 5.74) is -0.799. The predicted octanol–water partition coefficient (Wildman–Crippen LogP) is 3.03. The molecular formula is C18H20ClF4N3O3S. The van der Waals surface area contributed by atoms with Gasteiger partial charge in [0.2, 0.25) is 15.6 Å². The van der Waals surface area contributed by atoms with E-state index in [9.17, 15) is 31.1 Å². The Hall–Kier alpha value is -1.79. The normalized spacial score (nSPS) is 15.1. The average molecular weight is 470 g/mol. The molecule has 166 valence electrons. The van der Waals surface area contributed by atoms with E-state index in [0.29, 0.717) is 0 Å². The van der Waals surface area contributed by atoms with E-state index in [1.54, 1.807) is 0 Å². The Morgan fingerprint density at radius 3 is 2.17 bits per heavy atom. The molecule has 4 N–H and O–H groups in total. The molecular weight excluding hydrogens is 450 g/mol. The second kappa shape index (κ2) is 8.04. The lowest BCUT2D eigenvalue weighted by Crippen LogP contribution is -2.49. The van der Waals surface area contributed by atoms with Crippen LogP contribution in [0.15, 0.2) is 30.3 Å². The number of halogens is 5. The molecule has 0 saturated heterocycles. The zero-order valence-corrected chi connectivity index (χ0v) is 17.8. The lowest BCUT2D eigenvalue weighted by atomic mass is 9.89. The van der Waals surface area contributed by atoms with Gasteiger partial charge in [0, 0.05) is 12.1 Å². The van der Waals surface area contributed by atoms with Gasteiger partial charge in [-0.1, -0.05) is 11.6 Å². The monoisotopic (exact) mass is 469 g/mol. The van der Waals surface area contributed by atoms with E-state index in [0.717, 1.165) is 24.5 Å². The minimum Gasteiger partial charge on any atom is -0.374 e. The highest BCUT2D eigenvalue weighted by atomic mass is 35.5. The molecule has 6 nitrogen and oxygen atoms in total. The topological polar surface area (TPSA) is 105 Å². The van der Waals surface area contributed by atoms with Crippen molar-refractivity contribution in [2.75, 3.05) is 12.8 Å². The fourth-order valence-corrected chi connectivity index (χ4v) is 4.36. The molecule has 1 aromatic carbocycles. The standard InChI is InChI=1S/C18H20ClF4N3O3S/c1-16(2,26-30(3,28)29)12-8-13(17(27,9-24)18(21,22)23)25-15(14(12)19)10-4-6-11(20)7-5-10/h4-8,26-27H,9,24H2,1-3H3/t17-/m0/s1. The summed E-state index contributed by atoms with van der Waals surface area (Å²) in [4.78, 5) is 3.87. The fraction of sp³-hybridized carbons (Fsp3) is 0.389. The number of hydrogen-bond donors (Lipinski definition) is 3. The molecule has 2 rings (SSSR count). The number of benzene rings is 1. The Balaban J connectivity index is 2.89. The molecule has 0 spiro atoms. The lowest BCUT2D eigenvalue weighted by molar-refractivity contribution is -0.263. The van der Waals surface area contributed by atoms with Crippen molar-refractivity contribution in [2.24, 2.45) is 5.73 Å². The van der Waals surface area contributed by atoms with E-state index in [1.165, 1.54) is 26.0 Å². The van der Waals surface area contributed by atoms with Crippen LogP contribution in [0.25, 0.3) is 11.3 Å². The highest BCUT2D eigenvalue weighted by molar-refractivity contribution is 7.88. The van der Waals surface area contributed by atoms with Crippen LogP contribution in [0.1, 0.15) is 25.1 Å². The lowest BCUT2D eigenvalue weighted by Gasteiger charge is -2.32. The summed E-state index contributed by atoms with van der Waals surface area (Å²) < 4.78 is 79.9. The van der Waals surface area contributed by atoms with Crippen molar-refractivity contribution < 1.29 is 31.1 Å². The largest absolute Gasteiger partial charge is 0.424 e. The molecule has 1 atom stereocenters. The summed E-state index contributed by atoms with van der Waals surface area (Å²) >= 11 is 6.39. The van der Waals surface area contributed by atoms with Gasteiger partial charge in [0.1, 0.15) is 5.82 Å². The van der Waals surface area contributed by atoms with Crippen molar-refractivity contribution in [1.29, 1.82) is 0 Å². The van der Waals surface area contributed by atoms with Crippen molar-refractivity contribution in [3.8, 4) is 11.3 Å². The van der Waals surface area contributed by atoms with Gasteiger partial charge in [0.05, 0.1) is 28.2 Å². The van der Waals surface area contributed by atoms with Crippen LogP contribution in [0.3, 0.4) is 0 Å². The van der Waals surface area contributed by atoms with E-state index in [-0.39, 0.29) is 21.8 Å². The average Bonchev–Trinajstić information content (AvgIpc) is 2.59. The molecule has 2 aromatic rings. The number of alkyl halides is 3. The molecule has 0 aliphatic heterocycles. The molecule has 0 amide bonds. The van der Waals surface area contributed by atoms with Gasteiger partial charge in [0.15, 0.2) is 0 Å². The molecule has 0 unspecified atom stereocenters. The summed E-state index contributed by atoms with van der Waals surface area (Å²) in [6, 6.07) is 5.44. The van der Waals surface area contributed by atoms with Crippen LogP contribution in [0.2, 0.25) is 5.02 Å². The first-order chi connectivity index (χ1) is 13.5. The van der Waals surface area contributed by atoms with Gasteiger partial charge in [0.25, 0.3) is 0 Å². The number of nitrogens with two attached hydrogens (primary N) is 1. The number of sulfonamides is 1. The maximum Gasteiger partial charge on any atom is 0.424 e. The maximum absolute atomic E-state index is 13.6. The highest BCUT2D eigenvalue weighted by Gasteiger charge is 2.55. The van der Waals surface area contributed by atoms with Crippen molar-refractivity contribution in [2.45, 2.75) is 31.2 Å². The Kier molecular flexibility index (Phi) is 6.56. The van der Waals surface area contributed by atoms with E-state index in [4.69, 9.17) is 17.3 Å². The zero-order valence-electron chi connectivity index (χ0n) is 16.2. The molecule has 0 fully saturated rings. The number of nitrogens with zero attached hydrogens (tertiary/aromatic N) is 1. The maximum atomic E-state index is 13.6. The Bertz CT molecular complexity index is 1040. The Morgan fingerprint density at radius 1 is 1.20 bits per heavy atom. The minimum atomic E-state index is -5.19. The van der Waals surface area contributed by atoms with Crippen LogP contribution in [0.5, 0.6) is 0 Å². The number of aromatic nitrogens is 1. The fourth-order valence-electron chi connectivity index (χ4n) is 2.88. The second-order valence-electron chi connectivity index (χ2n) is 7.29. The SMILES string of the molecule is CC(C)(NS(C)(=O)=O)c1cc([C@@](O)(CN)C(F)(F)F)nc(-c2ccc(F)cc2)c1Cl. The molecule has 30 heavy (non-hydrogen) atoms. The van der Waals surface area contributed by atoms with E-state index in [1.807, 2.05) is 0 Å². The van der Waals surface area contributed by atoms with Gasteiger partial charge in [-0.15, -0.1) is 0 Å². The summed E-state index contributed by atoms with van der Waals surface area (Å²) in [5.74, 6) is -0.598. The molecule has 1 heterocycles. The van der Waals surface area contributed by atoms with Crippen molar-refractivity contribution in [3.63, 3.8) is 0 Å². The van der Waals surface area contributed by atoms with Crippen molar-refractivity contribution in [3.05, 3.63) is 52.4 Å². The van der Waals surface area contributed by atoms with Gasteiger partial charge < -0.3 is 10.8 Å². The molecule has 0 bridgehead atoms. The molecule has 0 radical (unpaired) electrons. The van der Waals surface area contributed by atoms with Crippen LogP contribution in [-0.2, 0) is 21.2 Å². The van der Waals surface area contributed by atoms with Crippen LogP contribution in [0.4, 0.5) is 17.6 Å². The quantitative estimate of drug-likeness (QED) is 0.564. The summed E-state index contributed by atoms with van der Waals surface area (Å²) in [6.07, 6.45) is -4.31. The minimum absolute atomic E-state index is 0.0879. The van der Waals surface area contributed by atoms with Gasteiger partial charge in [-0.25, -0.2) is 22.5 Å². The Labute approximate surface area is 176 Å². The van der Waals surface area contributed by atoms with Gasteiger partial charge in [-0.05, 0) is 49.7 Å². The summed E-state index contributed by atoms with van der Waals surface area (Å²) in [7, 11) is -3.80. The van der Waals surface area contributed by atoms with E-state index >= 15 is 0 Å². The van der Waals surface area contributed by atoms with Crippen LogP contribution in [0, 0.1) is 5.82 Å². The second-order valence-corrected chi connectivity index (χ2v) is 9.41. The van der Waals surface area contributed by atoms with Crippen molar-refractivity contribution in [1.82, 2.24) is 9.71 Å². The first-order valence-corrected chi connectivity index (χ1v) is 10.7. The molecule has 12 heteroatoms. The molecule has 0 aliphatic rings. The zero-order chi connectivity index (χ0) is 23.1.